The van der Waals surface area contributed by atoms with Crippen molar-refractivity contribution >= 4 is 17.6 Å². The summed E-state index contributed by atoms with van der Waals surface area (Å²) in [5, 5.41) is 22.3. The van der Waals surface area contributed by atoms with E-state index in [2.05, 4.69) is 5.32 Å². The van der Waals surface area contributed by atoms with Crippen LogP contribution in [0.2, 0.25) is 0 Å². The highest BCUT2D eigenvalue weighted by molar-refractivity contribution is 5.99. The minimum Gasteiger partial charge on any atom is -0.497 e. The molecule has 0 aliphatic carbocycles. The Hall–Kier alpha value is -3.80. The average Bonchev–Trinajstić information content (AvgIpc) is 2.72. The van der Waals surface area contributed by atoms with Crippen LogP contribution in [-0.2, 0) is 6.54 Å². The number of carboxylic acids is 2. The van der Waals surface area contributed by atoms with Crippen LogP contribution in [0.4, 0.5) is 5.69 Å². The standard InChI is InChI=1S/C23H21NO5/c1-14-19(22(25)26)11-16(12-20(14)23(27)28)18-5-3-4-6-21(18)24-13-15-7-9-17(29-2)10-8-15/h3-12,24H,13H2,1-2H3,(H,25,26)(H,27,28). The van der Waals surface area contributed by atoms with Gasteiger partial charge in [0, 0.05) is 17.8 Å². The van der Waals surface area contributed by atoms with Crippen LogP contribution in [0.5, 0.6) is 5.75 Å². The molecule has 0 aliphatic rings. The van der Waals surface area contributed by atoms with E-state index in [4.69, 9.17) is 4.74 Å². The van der Waals surface area contributed by atoms with Gasteiger partial charge in [-0.25, -0.2) is 9.59 Å². The molecule has 0 aromatic heterocycles. The van der Waals surface area contributed by atoms with Gasteiger partial charge in [0.05, 0.1) is 18.2 Å². The van der Waals surface area contributed by atoms with Crippen LogP contribution in [0.25, 0.3) is 11.1 Å². The van der Waals surface area contributed by atoms with E-state index in [-0.39, 0.29) is 16.7 Å². The second-order valence-electron chi connectivity index (χ2n) is 6.55. The fourth-order valence-corrected chi connectivity index (χ4v) is 3.14. The summed E-state index contributed by atoms with van der Waals surface area (Å²) in [5.74, 6) is -1.54. The lowest BCUT2D eigenvalue weighted by atomic mass is 9.94. The number of anilines is 1. The first-order valence-corrected chi connectivity index (χ1v) is 8.98. The zero-order valence-corrected chi connectivity index (χ0v) is 16.1. The fourth-order valence-electron chi connectivity index (χ4n) is 3.14. The molecule has 3 aromatic rings. The molecule has 6 heteroatoms. The molecule has 6 nitrogen and oxygen atoms in total. The fraction of sp³-hybridized carbons (Fsp3) is 0.130. The number of para-hydroxylation sites is 1. The Bertz CT molecular complexity index is 1020. The van der Waals surface area contributed by atoms with E-state index in [0.29, 0.717) is 12.1 Å². The van der Waals surface area contributed by atoms with Crippen LogP contribution < -0.4 is 10.1 Å². The van der Waals surface area contributed by atoms with Crippen molar-refractivity contribution in [1.29, 1.82) is 0 Å². The third kappa shape index (κ3) is 4.38. The third-order valence-corrected chi connectivity index (χ3v) is 4.75. The molecular weight excluding hydrogens is 370 g/mol. The van der Waals surface area contributed by atoms with E-state index >= 15 is 0 Å². The number of hydrogen-bond acceptors (Lipinski definition) is 4. The van der Waals surface area contributed by atoms with Gasteiger partial charge >= 0.3 is 11.9 Å². The highest BCUT2D eigenvalue weighted by atomic mass is 16.5. The summed E-state index contributed by atoms with van der Waals surface area (Å²) in [4.78, 5) is 23.2. The average molecular weight is 391 g/mol. The predicted octanol–water partition coefficient (Wildman–Crippen LogP) is 4.68. The molecule has 0 saturated carbocycles. The minimum absolute atomic E-state index is 0.0233. The summed E-state index contributed by atoms with van der Waals surface area (Å²) in [6, 6.07) is 18.1. The van der Waals surface area contributed by atoms with Crippen molar-refractivity contribution in [1.82, 2.24) is 0 Å². The van der Waals surface area contributed by atoms with Crippen molar-refractivity contribution in [3.63, 3.8) is 0 Å². The van der Waals surface area contributed by atoms with Crippen LogP contribution in [0.3, 0.4) is 0 Å². The predicted molar refractivity (Wildman–Crippen MR) is 111 cm³/mol. The zero-order chi connectivity index (χ0) is 21.0. The molecular formula is C23H21NO5. The van der Waals surface area contributed by atoms with Gasteiger partial charge in [0.1, 0.15) is 5.75 Å². The maximum atomic E-state index is 11.6. The highest BCUT2D eigenvalue weighted by Crippen LogP contribution is 2.31. The number of nitrogens with one attached hydrogen (secondary N) is 1. The van der Waals surface area contributed by atoms with Crippen molar-refractivity contribution in [3.8, 4) is 16.9 Å². The lowest BCUT2D eigenvalue weighted by Gasteiger charge is -2.15. The van der Waals surface area contributed by atoms with Gasteiger partial charge in [-0.3, -0.25) is 0 Å². The lowest BCUT2D eigenvalue weighted by molar-refractivity contribution is 0.0696. The summed E-state index contributed by atoms with van der Waals surface area (Å²) in [6.07, 6.45) is 0. The maximum Gasteiger partial charge on any atom is 0.335 e. The first-order valence-electron chi connectivity index (χ1n) is 8.98. The number of carbonyl (C=O) groups is 2. The van der Waals surface area contributed by atoms with E-state index < -0.39 is 11.9 Å². The largest absolute Gasteiger partial charge is 0.497 e. The molecule has 0 heterocycles. The molecule has 3 N–H and O–H groups in total. The maximum absolute atomic E-state index is 11.6. The Morgan fingerprint density at radius 1 is 0.931 bits per heavy atom. The third-order valence-electron chi connectivity index (χ3n) is 4.75. The van der Waals surface area contributed by atoms with Gasteiger partial charge in [-0.15, -0.1) is 0 Å². The van der Waals surface area contributed by atoms with Crippen LogP contribution in [0.1, 0.15) is 31.8 Å². The Labute approximate surface area is 168 Å². The van der Waals surface area contributed by atoms with Gasteiger partial charge in [-0.1, -0.05) is 30.3 Å². The molecule has 3 aromatic carbocycles. The molecule has 0 fully saturated rings. The normalized spacial score (nSPS) is 10.4. The molecule has 0 saturated heterocycles. The van der Waals surface area contributed by atoms with Gasteiger partial charge in [0.15, 0.2) is 0 Å². The number of carboxylic acid groups (broad SMARTS) is 2. The second kappa shape index (κ2) is 8.48. The quantitative estimate of drug-likeness (QED) is 0.541. The van der Waals surface area contributed by atoms with Crippen molar-refractivity contribution in [2.45, 2.75) is 13.5 Å². The van der Waals surface area contributed by atoms with E-state index in [9.17, 15) is 19.8 Å². The van der Waals surface area contributed by atoms with Gasteiger partial charge in [-0.2, -0.15) is 0 Å². The molecule has 0 bridgehead atoms. The summed E-state index contributed by atoms with van der Waals surface area (Å²) in [7, 11) is 1.61. The van der Waals surface area contributed by atoms with Crippen LogP contribution in [0.15, 0.2) is 60.7 Å². The number of aromatic carboxylic acids is 2. The van der Waals surface area contributed by atoms with Gasteiger partial charge in [-0.05, 0) is 53.9 Å². The van der Waals surface area contributed by atoms with Crippen LogP contribution in [0, 0.1) is 6.92 Å². The second-order valence-corrected chi connectivity index (χ2v) is 6.55. The van der Waals surface area contributed by atoms with E-state index in [1.54, 1.807) is 7.11 Å². The van der Waals surface area contributed by atoms with Gasteiger partial charge in [0.2, 0.25) is 0 Å². The molecule has 0 radical (unpaired) electrons. The molecule has 0 aliphatic heterocycles. The van der Waals surface area contributed by atoms with Crippen molar-refractivity contribution in [2.24, 2.45) is 0 Å². The summed E-state index contributed by atoms with van der Waals surface area (Å²) >= 11 is 0. The van der Waals surface area contributed by atoms with Crippen molar-refractivity contribution in [3.05, 3.63) is 82.9 Å². The minimum atomic E-state index is -1.16. The summed E-state index contributed by atoms with van der Waals surface area (Å²) in [5.41, 5.74) is 3.27. The summed E-state index contributed by atoms with van der Waals surface area (Å²) in [6.45, 7) is 2.05. The Morgan fingerprint density at radius 3 is 2.07 bits per heavy atom. The first kappa shape index (κ1) is 19.9. The van der Waals surface area contributed by atoms with E-state index in [1.807, 2.05) is 48.5 Å². The Balaban J connectivity index is 1.97. The molecule has 0 atom stereocenters. The topological polar surface area (TPSA) is 95.9 Å². The number of hydrogen-bond donors (Lipinski definition) is 3. The van der Waals surface area contributed by atoms with E-state index in [0.717, 1.165) is 22.6 Å². The van der Waals surface area contributed by atoms with Gasteiger partial charge in [0.25, 0.3) is 0 Å². The molecule has 0 unspecified atom stereocenters. The number of methoxy groups -OCH3 is 1. The lowest BCUT2D eigenvalue weighted by Crippen LogP contribution is -2.08. The molecule has 29 heavy (non-hydrogen) atoms. The first-order chi connectivity index (χ1) is 13.9. The smallest absolute Gasteiger partial charge is 0.335 e. The molecule has 0 spiro atoms. The number of benzene rings is 3. The monoisotopic (exact) mass is 391 g/mol. The van der Waals surface area contributed by atoms with Crippen molar-refractivity contribution < 1.29 is 24.5 Å². The Morgan fingerprint density at radius 2 is 1.52 bits per heavy atom. The molecule has 148 valence electrons. The van der Waals surface area contributed by atoms with E-state index in [1.165, 1.54) is 19.1 Å². The number of ether oxygens (including phenoxy) is 1. The van der Waals surface area contributed by atoms with Crippen LogP contribution in [-0.4, -0.2) is 29.3 Å². The zero-order valence-electron chi connectivity index (χ0n) is 16.1. The van der Waals surface area contributed by atoms with Crippen molar-refractivity contribution in [2.75, 3.05) is 12.4 Å². The molecule has 3 rings (SSSR count). The number of rotatable bonds is 7. The van der Waals surface area contributed by atoms with Crippen LogP contribution >= 0.6 is 0 Å². The van der Waals surface area contributed by atoms with Gasteiger partial charge < -0.3 is 20.3 Å². The highest BCUT2D eigenvalue weighted by Gasteiger charge is 2.18. The SMILES string of the molecule is COc1ccc(CNc2ccccc2-c2cc(C(=O)O)c(C)c(C(=O)O)c2)cc1. The molecule has 0 amide bonds. The Kier molecular flexibility index (Phi) is 5.83. The summed E-state index contributed by atoms with van der Waals surface area (Å²) < 4.78 is 5.16.